The molecule has 0 atom stereocenters. The van der Waals surface area contributed by atoms with Crippen LogP contribution in [-0.2, 0) is 9.47 Å². The monoisotopic (exact) mass is 456 g/mol. The van der Waals surface area contributed by atoms with E-state index in [-0.39, 0.29) is 5.75 Å². The van der Waals surface area contributed by atoms with Crippen LogP contribution in [0.15, 0.2) is 29.4 Å². The minimum absolute atomic E-state index is 0.160. The molecule has 0 radical (unpaired) electrons. The summed E-state index contributed by atoms with van der Waals surface area (Å²) in [5.41, 5.74) is 4.60. The van der Waals surface area contributed by atoms with Crippen LogP contribution in [0.25, 0.3) is 0 Å². The van der Waals surface area contributed by atoms with E-state index in [1.165, 1.54) is 0 Å². The Morgan fingerprint density at radius 3 is 2.64 bits per heavy atom. The lowest BCUT2D eigenvalue weighted by atomic mass is 10.1. The number of phenolic OH excluding ortho intramolecular Hbond substituents is 1. The number of ether oxygens (including phenoxy) is 4. The summed E-state index contributed by atoms with van der Waals surface area (Å²) < 4.78 is 22.4. The molecule has 0 aliphatic carbocycles. The highest BCUT2D eigenvalue weighted by Gasteiger charge is 2.21. The normalized spacial score (nSPS) is 19.9. The fourth-order valence-corrected chi connectivity index (χ4v) is 3.89. The zero-order valence-electron chi connectivity index (χ0n) is 18.4. The average Bonchev–Trinajstić information content (AvgIpc) is 3.26. The molecular formula is C22H28N6O5. The predicted octanol–water partition coefficient (Wildman–Crippen LogP) is 0.938. The summed E-state index contributed by atoms with van der Waals surface area (Å²) in [4.78, 5) is 13.6. The van der Waals surface area contributed by atoms with Gasteiger partial charge in [0.25, 0.3) is 0 Å². The van der Waals surface area contributed by atoms with Crippen LogP contribution in [0.1, 0.15) is 5.56 Å². The number of fused-ring (bicyclic) bond motifs is 1. The highest BCUT2D eigenvalue weighted by molar-refractivity contribution is 6.06. The number of nitrogens with one attached hydrogen (secondary N) is 1. The quantitative estimate of drug-likeness (QED) is 0.584. The molecule has 1 aromatic carbocycles. The molecule has 2 aromatic rings. The molecule has 4 heterocycles. The minimum atomic E-state index is 0.160. The molecule has 2 N–H and O–H groups in total. The number of hydrogen-bond donors (Lipinski definition) is 2. The molecule has 11 nitrogen and oxygen atoms in total. The Hall–Kier alpha value is -3.15. The summed E-state index contributed by atoms with van der Waals surface area (Å²) in [5, 5.41) is 14.1. The number of morpholine rings is 2. The highest BCUT2D eigenvalue weighted by atomic mass is 16.5. The van der Waals surface area contributed by atoms with Crippen LogP contribution in [0.4, 0.5) is 11.6 Å². The second-order valence-electron chi connectivity index (χ2n) is 7.94. The highest BCUT2D eigenvalue weighted by Crippen LogP contribution is 2.29. The Labute approximate surface area is 191 Å². The van der Waals surface area contributed by atoms with E-state index in [1.807, 2.05) is 6.07 Å². The number of hydrogen-bond acceptors (Lipinski definition) is 11. The van der Waals surface area contributed by atoms with Gasteiger partial charge in [-0.05, 0) is 12.1 Å². The van der Waals surface area contributed by atoms with Crippen molar-refractivity contribution in [3.63, 3.8) is 0 Å². The molecule has 0 saturated carbocycles. The van der Waals surface area contributed by atoms with Crippen molar-refractivity contribution in [2.45, 2.75) is 0 Å². The molecule has 5 rings (SSSR count). The lowest BCUT2D eigenvalue weighted by molar-refractivity contribution is 0.0317. The summed E-state index contributed by atoms with van der Waals surface area (Å²) >= 11 is 0. The first kappa shape index (κ1) is 21.7. The lowest BCUT2D eigenvalue weighted by Gasteiger charge is -2.28. The zero-order valence-corrected chi connectivity index (χ0v) is 18.4. The van der Waals surface area contributed by atoms with Crippen molar-refractivity contribution in [3.05, 3.63) is 29.8 Å². The predicted molar refractivity (Wildman–Crippen MR) is 122 cm³/mol. The Kier molecular flexibility index (Phi) is 6.70. The second-order valence-corrected chi connectivity index (χ2v) is 7.94. The second kappa shape index (κ2) is 10.2. The van der Waals surface area contributed by atoms with E-state index >= 15 is 0 Å². The Balaban J connectivity index is 1.30. The third kappa shape index (κ3) is 5.44. The van der Waals surface area contributed by atoms with Gasteiger partial charge in [-0.3, -0.25) is 10.3 Å². The molecule has 0 amide bonds. The third-order valence-electron chi connectivity index (χ3n) is 5.72. The molecule has 3 aliphatic rings. The Bertz CT molecular complexity index is 991. The summed E-state index contributed by atoms with van der Waals surface area (Å²) in [6.45, 7) is 7.74. The van der Waals surface area contributed by atoms with E-state index in [4.69, 9.17) is 18.9 Å². The molecule has 0 bridgehead atoms. The fraction of sp³-hybridized carbons (Fsp3) is 0.500. The maximum Gasteiger partial charge on any atom is 0.320 e. The number of nitrogens with zero attached hydrogens (tertiary/aromatic N) is 5. The van der Waals surface area contributed by atoms with Crippen molar-refractivity contribution in [3.8, 4) is 17.5 Å². The van der Waals surface area contributed by atoms with Crippen LogP contribution in [-0.4, -0.2) is 98.1 Å². The summed E-state index contributed by atoms with van der Waals surface area (Å²) in [5.74, 6) is 2.07. The molecule has 0 unspecified atom stereocenters. The van der Waals surface area contributed by atoms with Gasteiger partial charge in [0.1, 0.15) is 36.2 Å². The molecule has 1 aromatic heterocycles. The fourth-order valence-electron chi connectivity index (χ4n) is 3.89. The van der Waals surface area contributed by atoms with Crippen LogP contribution in [0.2, 0.25) is 0 Å². The van der Waals surface area contributed by atoms with E-state index < -0.39 is 0 Å². The number of phenols is 1. The first-order chi connectivity index (χ1) is 16.2. The molecule has 2 fully saturated rings. The van der Waals surface area contributed by atoms with E-state index in [0.29, 0.717) is 44.0 Å². The smallest absolute Gasteiger partial charge is 0.320 e. The lowest BCUT2D eigenvalue weighted by Crippen LogP contribution is -2.39. The zero-order chi connectivity index (χ0) is 22.5. The van der Waals surface area contributed by atoms with Crippen LogP contribution >= 0.6 is 0 Å². The van der Waals surface area contributed by atoms with Crippen molar-refractivity contribution in [1.82, 2.24) is 14.9 Å². The number of rotatable bonds is 7. The topological polar surface area (TPSA) is 114 Å². The van der Waals surface area contributed by atoms with Crippen molar-refractivity contribution in [2.75, 3.05) is 82.7 Å². The van der Waals surface area contributed by atoms with Gasteiger partial charge in [0.2, 0.25) is 0 Å². The number of hydrazone groups is 1. The van der Waals surface area contributed by atoms with Crippen molar-refractivity contribution in [2.24, 2.45) is 5.10 Å². The van der Waals surface area contributed by atoms with Crippen molar-refractivity contribution in [1.29, 1.82) is 0 Å². The van der Waals surface area contributed by atoms with Crippen molar-refractivity contribution < 1.29 is 24.1 Å². The SMILES string of the molecule is Oc1ccc2c(c1)OCC2=NNc1cc(N2CCOCC2)nc(OCCN2CCOCC2)n1. The molecule has 3 aliphatic heterocycles. The van der Waals surface area contributed by atoms with Gasteiger partial charge >= 0.3 is 6.01 Å². The molecule has 0 spiro atoms. The first-order valence-corrected chi connectivity index (χ1v) is 11.2. The van der Waals surface area contributed by atoms with Crippen molar-refractivity contribution >= 4 is 17.3 Å². The first-order valence-electron chi connectivity index (χ1n) is 11.2. The number of anilines is 2. The minimum Gasteiger partial charge on any atom is -0.508 e. The Morgan fingerprint density at radius 1 is 1.03 bits per heavy atom. The van der Waals surface area contributed by atoms with Gasteiger partial charge in [0.15, 0.2) is 5.82 Å². The average molecular weight is 457 g/mol. The molecule has 33 heavy (non-hydrogen) atoms. The third-order valence-corrected chi connectivity index (χ3v) is 5.72. The van der Waals surface area contributed by atoms with E-state index in [9.17, 15) is 5.11 Å². The number of benzene rings is 1. The van der Waals surface area contributed by atoms with E-state index in [0.717, 1.165) is 63.0 Å². The van der Waals surface area contributed by atoms with Crippen LogP contribution < -0.4 is 19.8 Å². The number of aromatic hydroxyl groups is 1. The van der Waals surface area contributed by atoms with E-state index in [2.05, 4.69) is 30.3 Å². The maximum absolute atomic E-state index is 9.64. The largest absolute Gasteiger partial charge is 0.508 e. The van der Waals surface area contributed by atoms with Gasteiger partial charge in [-0.25, -0.2) is 0 Å². The summed E-state index contributed by atoms with van der Waals surface area (Å²) in [6, 6.07) is 7.15. The van der Waals surface area contributed by atoms with E-state index in [1.54, 1.807) is 18.2 Å². The van der Waals surface area contributed by atoms with Gasteiger partial charge in [-0.1, -0.05) is 0 Å². The standard InChI is InChI=1S/C22H28N6O5/c29-16-1-2-17-18(15-33-19(17)13-16)25-26-20-14-21(28-6-10-31-11-7-28)24-22(23-20)32-12-5-27-3-8-30-9-4-27/h1-2,13-14,29H,3-12,15H2,(H,23,24,26). The number of aromatic nitrogens is 2. The molecular weight excluding hydrogens is 428 g/mol. The summed E-state index contributed by atoms with van der Waals surface area (Å²) in [7, 11) is 0. The molecule has 11 heteroatoms. The van der Waals surface area contributed by atoms with Gasteiger partial charge in [-0.2, -0.15) is 15.1 Å². The van der Waals surface area contributed by atoms with Gasteiger partial charge < -0.3 is 29.0 Å². The van der Waals surface area contributed by atoms with Crippen LogP contribution in [0.3, 0.4) is 0 Å². The maximum atomic E-state index is 9.64. The Morgan fingerprint density at radius 2 is 1.82 bits per heavy atom. The molecule has 176 valence electrons. The van der Waals surface area contributed by atoms with Gasteiger partial charge in [0, 0.05) is 50.4 Å². The van der Waals surface area contributed by atoms with Gasteiger partial charge in [-0.15, -0.1) is 0 Å². The van der Waals surface area contributed by atoms with Crippen LogP contribution in [0.5, 0.6) is 17.5 Å². The van der Waals surface area contributed by atoms with Gasteiger partial charge in [0.05, 0.1) is 26.4 Å². The molecule has 2 saturated heterocycles. The summed E-state index contributed by atoms with van der Waals surface area (Å²) in [6.07, 6.45) is 0. The van der Waals surface area contributed by atoms with Crippen LogP contribution in [0, 0.1) is 0 Å².